The average Bonchev–Trinajstić information content (AvgIpc) is 3.53. The molecule has 0 spiro atoms. The lowest BCUT2D eigenvalue weighted by molar-refractivity contribution is -0.123. The third-order valence-corrected chi connectivity index (χ3v) is 6.28. The number of nitrogens with one attached hydrogen (secondary N) is 1. The monoisotopic (exact) mass is 411 g/mol. The highest BCUT2D eigenvalue weighted by atomic mass is 16.5. The first kappa shape index (κ1) is 20.4. The first-order valence-electron chi connectivity index (χ1n) is 10.3. The van der Waals surface area contributed by atoms with E-state index in [4.69, 9.17) is 18.9 Å². The van der Waals surface area contributed by atoms with Crippen LogP contribution in [-0.4, -0.2) is 34.3 Å². The third kappa shape index (κ3) is 3.44. The first-order chi connectivity index (χ1) is 14.5. The Labute approximate surface area is 177 Å². The Morgan fingerprint density at radius 3 is 2.33 bits per heavy atom. The summed E-state index contributed by atoms with van der Waals surface area (Å²) in [5, 5.41) is 3.29. The van der Waals surface area contributed by atoms with Crippen molar-refractivity contribution in [1.82, 2.24) is 5.32 Å². The normalized spacial score (nSPS) is 21.6. The number of benzene rings is 2. The van der Waals surface area contributed by atoms with Crippen LogP contribution in [0.2, 0.25) is 0 Å². The molecule has 1 N–H and O–H groups in total. The zero-order chi connectivity index (χ0) is 21.4. The molecule has 30 heavy (non-hydrogen) atoms. The van der Waals surface area contributed by atoms with Gasteiger partial charge in [-0.25, -0.2) is 0 Å². The van der Waals surface area contributed by atoms with Crippen LogP contribution >= 0.6 is 0 Å². The van der Waals surface area contributed by atoms with Crippen LogP contribution in [0.5, 0.6) is 23.0 Å². The van der Waals surface area contributed by atoms with Gasteiger partial charge >= 0.3 is 0 Å². The van der Waals surface area contributed by atoms with E-state index >= 15 is 0 Å². The molecule has 1 fully saturated rings. The molecule has 6 nitrogen and oxygen atoms in total. The second kappa shape index (κ2) is 8.09. The molecule has 2 aromatic rings. The maximum Gasteiger partial charge on any atom is 0.223 e. The van der Waals surface area contributed by atoms with Gasteiger partial charge in [-0.15, -0.1) is 0 Å². The highest BCUT2D eigenvalue weighted by Crippen LogP contribution is 2.51. The minimum Gasteiger partial charge on any atom is -0.497 e. The van der Waals surface area contributed by atoms with Crippen molar-refractivity contribution in [3.05, 3.63) is 35.4 Å². The van der Waals surface area contributed by atoms with Crippen molar-refractivity contribution in [2.24, 2.45) is 11.8 Å². The molecule has 0 bridgehead atoms. The van der Waals surface area contributed by atoms with E-state index in [2.05, 4.69) is 12.2 Å². The summed E-state index contributed by atoms with van der Waals surface area (Å²) in [6.07, 6.45) is 2.51. The molecule has 0 aliphatic heterocycles. The van der Waals surface area contributed by atoms with Crippen molar-refractivity contribution in [2.75, 3.05) is 28.4 Å². The topological polar surface area (TPSA) is 66.0 Å². The van der Waals surface area contributed by atoms with Crippen LogP contribution in [0.15, 0.2) is 24.3 Å². The van der Waals surface area contributed by atoms with Crippen molar-refractivity contribution in [2.45, 2.75) is 32.2 Å². The Balaban J connectivity index is 1.86. The third-order valence-electron chi connectivity index (χ3n) is 6.28. The van der Waals surface area contributed by atoms with Crippen LogP contribution in [0.4, 0.5) is 0 Å². The molecule has 0 aromatic heterocycles. The second-order valence-corrected chi connectivity index (χ2v) is 8.05. The summed E-state index contributed by atoms with van der Waals surface area (Å²) in [4.78, 5) is 12.8. The minimum absolute atomic E-state index is 0.107. The largest absolute Gasteiger partial charge is 0.497 e. The van der Waals surface area contributed by atoms with Crippen LogP contribution in [0, 0.1) is 11.8 Å². The Morgan fingerprint density at radius 2 is 1.73 bits per heavy atom. The standard InChI is InChI=1S/C24H29NO5/c1-13-10-17(13)24(26)25-19-9-6-14-11-20(28-3)22(29-4)23(30-5)21(14)16-8-7-15(27-2)12-18(16)19/h7-8,11-13,17,19H,6,9-10H2,1-5H3,(H,25,26)/t13?,17?,19-/m0/s1. The Morgan fingerprint density at radius 1 is 1.00 bits per heavy atom. The number of fused-ring (bicyclic) bond motifs is 3. The maximum absolute atomic E-state index is 12.8. The fourth-order valence-electron chi connectivity index (χ4n) is 4.45. The molecule has 6 heteroatoms. The van der Waals surface area contributed by atoms with Crippen molar-refractivity contribution in [3.63, 3.8) is 0 Å². The molecule has 1 saturated carbocycles. The van der Waals surface area contributed by atoms with E-state index in [-0.39, 0.29) is 17.9 Å². The SMILES string of the molecule is COc1ccc2c(c1)[C@@H](NC(=O)C1CC1C)CCc1cc(OC)c(OC)c(OC)c1-2. The number of carbonyl (C=O) groups is 1. The Kier molecular flexibility index (Phi) is 5.50. The summed E-state index contributed by atoms with van der Waals surface area (Å²) in [5.74, 6) is 3.32. The minimum atomic E-state index is -0.107. The van der Waals surface area contributed by atoms with Gasteiger partial charge in [0.2, 0.25) is 11.7 Å². The Bertz CT molecular complexity index is 971. The number of methoxy groups -OCH3 is 4. The van der Waals surface area contributed by atoms with Gasteiger partial charge in [0, 0.05) is 11.5 Å². The number of ether oxygens (including phenoxy) is 4. The smallest absolute Gasteiger partial charge is 0.223 e. The summed E-state index contributed by atoms with van der Waals surface area (Å²) < 4.78 is 22.5. The molecular formula is C24H29NO5. The molecule has 0 radical (unpaired) electrons. The number of aryl methyl sites for hydroxylation is 1. The van der Waals surface area contributed by atoms with Gasteiger partial charge in [-0.05, 0) is 60.1 Å². The number of carbonyl (C=O) groups excluding carboxylic acids is 1. The number of amides is 1. The van der Waals surface area contributed by atoms with Gasteiger partial charge in [-0.3, -0.25) is 4.79 Å². The highest BCUT2D eigenvalue weighted by molar-refractivity contribution is 5.85. The predicted octanol–water partition coefficient (Wildman–Crippen LogP) is 4.15. The summed E-state index contributed by atoms with van der Waals surface area (Å²) >= 11 is 0. The molecule has 0 heterocycles. The van der Waals surface area contributed by atoms with Crippen LogP contribution in [-0.2, 0) is 11.2 Å². The first-order valence-corrected chi connectivity index (χ1v) is 10.3. The van der Waals surface area contributed by atoms with E-state index in [0.29, 0.717) is 23.2 Å². The van der Waals surface area contributed by atoms with Gasteiger partial charge in [0.25, 0.3) is 0 Å². The van der Waals surface area contributed by atoms with Crippen molar-refractivity contribution in [3.8, 4) is 34.1 Å². The summed E-state index contributed by atoms with van der Waals surface area (Å²) in [7, 11) is 6.52. The van der Waals surface area contributed by atoms with E-state index in [9.17, 15) is 4.79 Å². The van der Waals surface area contributed by atoms with E-state index in [1.54, 1.807) is 28.4 Å². The number of hydrogen-bond acceptors (Lipinski definition) is 5. The molecule has 160 valence electrons. The van der Waals surface area contributed by atoms with Gasteiger partial charge in [0.05, 0.1) is 34.5 Å². The van der Waals surface area contributed by atoms with Gasteiger partial charge in [0.1, 0.15) is 5.75 Å². The van der Waals surface area contributed by atoms with Crippen LogP contribution in [0.3, 0.4) is 0 Å². The molecule has 2 aromatic carbocycles. The van der Waals surface area contributed by atoms with E-state index < -0.39 is 0 Å². The fraction of sp³-hybridized carbons (Fsp3) is 0.458. The van der Waals surface area contributed by atoms with E-state index in [0.717, 1.165) is 47.3 Å². The Hall–Kier alpha value is -2.89. The molecule has 1 amide bonds. The molecule has 3 atom stereocenters. The summed E-state index contributed by atoms with van der Waals surface area (Å²) in [5.41, 5.74) is 4.12. The molecule has 2 aliphatic carbocycles. The molecule has 0 saturated heterocycles. The van der Waals surface area contributed by atoms with Crippen molar-refractivity contribution >= 4 is 5.91 Å². The maximum atomic E-state index is 12.8. The summed E-state index contributed by atoms with van der Waals surface area (Å²) in [6.45, 7) is 2.12. The lowest BCUT2D eigenvalue weighted by Crippen LogP contribution is -2.30. The van der Waals surface area contributed by atoms with Crippen LogP contribution in [0.1, 0.15) is 36.9 Å². The lowest BCUT2D eigenvalue weighted by Gasteiger charge is -2.22. The van der Waals surface area contributed by atoms with Crippen molar-refractivity contribution in [1.29, 1.82) is 0 Å². The zero-order valence-electron chi connectivity index (χ0n) is 18.2. The predicted molar refractivity (Wildman–Crippen MR) is 115 cm³/mol. The van der Waals surface area contributed by atoms with Gasteiger partial charge < -0.3 is 24.3 Å². The van der Waals surface area contributed by atoms with E-state index in [1.807, 2.05) is 24.3 Å². The number of hydrogen-bond donors (Lipinski definition) is 1. The second-order valence-electron chi connectivity index (χ2n) is 8.05. The molecule has 2 aliphatic rings. The molecule has 4 rings (SSSR count). The lowest BCUT2D eigenvalue weighted by atomic mass is 9.93. The fourth-order valence-corrected chi connectivity index (χ4v) is 4.45. The van der Waals surface area contributed by atoms with Crippen LogP contribution < -0.4 is 24.3 Å². The van der Waals surface area contributed by atoms with Crippen molar-refractivity contribution < 1.29 is 23.7 Å². The molecule has 2 unspecified atom stereocenters. The van der Waals surface area contributed by atoms with Crippen LogP contribution in [0.25, 0.3) is 11.1 Å². The quantitative estimate of drug-likeness (QED) is 0.774. The summed E-state index contributed by atoms with van der Waals surface area (Å²) in [6, 6.07) is 7.89. The number of rotatable bonds is 6. The van der Waals surface area contributed by atoms with Gasteiger partial charge in [-0.1, -0.05) is 13.0 Å². The zero-order valence-corrected chi connectivity index (χ0v) is 18.2. The highest BCUT2D eigenvalue weighted by Gasteiger charge is 2.40. The van der Waals surface area contributed by atoms with Gasteiger partial charge in [0.15, 0.2) is 11.5 Å². The van der Waals surface area contributed by atoms with Gasteiger partial charge in [-0.2, -0.15) is 0 Å². The van der Waals surface area contributed by atoms with E-state index in [1.165, 1.54) is 0 Å². The molecular weight excluding hydrogens is 382 g/mol. The average molecular weight is 411 g/mol.